The van der Waals surface area contributed by atoms with Gasteiger partial charge < -0.3 is 4.74 Å². The number of nitriles is 1. The van der Waals surface area contributed by atoms with Gasteiger partial charge in [-0.1, -0.05) is 12.1 Å². The average molecular weight is 275 g/mol. The Bertz CT molecular complexity index is 521. The molecule has 0 aliphatic carbocycles. The predicted octanol–water partition coefficient (Wildman–Crippen LogP) is 1.54. The second-order valence-electron chi connectivity index (χ2n) is 3.98. The molecule has 0 atom stereocenters. The Kier molecular flexibility index (Phi) is 4.81. The fraction of sp³-hybridized carbons (Fsp3) is 0.308. The minimum atomic E-state index is -0.419. The first-order valence-electron chi connectivity index (χ1n) is 5.81. The topological polar surface area (TPSA) is 74.5 Å². The van der Waals surface area contributed by atoms with Gasteiger partial charge in [-0.25, -0.2) is 5.43 Å². The van der Waals surface area contributed by atoms with E-state index >= 15 is 0 Å². The number of nitrogens with zero attached hydrogens (tertiary/aromatic N) is 2. The molecule has 1 saturated heterocycles. The number of carbonyl (C=O) groups is 1. The van der Waals surface area contributed by atoms with Gasteiger partial charge in [0.2, 0.25) is 0 Å². The van der Waals surface area contributed by atoms with Gasteiger partial charge in [-0.05, 0) is 17.7 Å². The van der Waals surface area contributed by atoms with Crippen LogP contribution in [0.2, 0.25) is 0 Å². The highest BCUT2D eigenvalue weighted by molar-refractivity contribution is 8.00. The summed E-state index contributed by atoms with van der Waals surface area (Å²) in [6.07, 6.45) is 1.63. The molecule has 2 rings (SSSR count). The molecule has 1 aromatic carbocycles. The summed E-state index contributed by atoms with van der Waals surface area (Å²) in [5.41, 5.74) is 3.11. The molecule has 6 heteroatoms. The first-order chi connectivity index (χ1) is 9.28. The second kappa shape index (κ2) is 6.81. The van der Waals surface area contributed by atoms with Crippen molar-refractivity contribution in [1.29, 1.82) is 5.26 Å². The van der Waals surface area contributed by atoms with E-state index in [1.165, 1.54) is 6.21 Å². The Balaban J connectivity index is 1.89. The van der Waals surface area contributed by atoms with Crippen LogP contribution in [0, 0.1) is 11.3 Å². The maximum absolute atomic E-state index is 11.0. The third-order valence-corrected chi connectivity index (χ3v) is 3.63. The van der Waals surface area contributed by atoms with Gasteiger partial charge in [-0.3, -0.25) is 4.79 Å². The summed E-state index contributed by atoms with van der Waals surface area (Å²) in [4.78, 5) is 11.0. The van der Waals surface area contributed by atoms with Crippen molar-refractivity contribution >= 4 is 23.9 Å². The Hall–Kier alpha value is -2.00. The zero-order valence-electron chi connectivity index (χ0n) is 10.2. The van der Waals surface area contributed by atoms with E-state index in [0.717, 1.165) is 22.8 Å². The highest BCUT2D eigenvalue weighted by atomic mass is 32.2. The van der Waals surface area contributed by atoms with Crippen LogP contribution >= 0.6 is 11.8 Å². The summed E-state index contributed by atoms with van der Waals surface area (Å²) in [5, 5.41) is 12.1. The van der Waals surface area contributed by atoms with Crippen LogP contribution in [0.25, 0.3) is 0 Å². The van der Waals surface area contributed by atoms with E-state index in [-0.39, 0.29) is 6.42 Å². The van der Waals surface area contributed by atoms with Crippen molar-refractivity contribution in [3.05, 3.63) is 29.8 Å². The number of nitrogens with one attached hydrogen (secondary N) is 1. The molecule has 19 heavy (non-hydrogen) atoms. The fourth-order valence-corrected chi connectivity index (χ4v) is 2.00. The van der Waals surface area contributed by atoms with Crippen LogP contribution in [0.4, 0.5) is 0 Å². The van der Waals surface area contributed by atoms with Gasteiger partial charge in [0.25, 0.3) is 5.91 Å². The lowest BCUT2D eigenvalue weighted by Crippen LogP contribution is -2.31. The van der Waals surface area contributed by atoms with Crippen LogP contribution in [0.3, 0.4) is 0 Å². The van der Waals surface area contributed by atoms with E-state index in [1.807, 2.05) is 36.0 Å². The molecule has 1 aliphatic rings. The molecule has 1 aromatic rings. The van der Waals surface area contributed by atoms with E-state index in [1.54, 1.807) is 6.07 Å². The molecule has 1 amide bonds. The number of rotatable bonds is 5. The molecule has 0 unspecified atom stereocenters. The van der Waals surface area contributed by atoms with Crippen molar-refractivity contribution < 1.29 is 9.53 Å². The molecule has 5 nitrogen and oxygen atoms in total. The Labute approximate surface area is 115 Å². The standard InChI is InChI=1S/C13H13N3O2S/c14-5-4-13(17)16-15-7-10-2-1-3-11(6-10)18-12-8-19-9-12/h1-3,6-7,12H,4,8-9H2,(H,16,17)/b15-7+. The predicted molar refractivity (Wildman–Crippen MR) is 74.1 cm³/mol. The van der Waals surface area contributed by atoms with Crippen molar-refractivity contribution in [2.45, 2.75) is 12.5 Å². The number of hydrogen-bond acceptors (Lipinski definition) is 5. The van der Waals surface area contributed by atoms with E-state index in [0.29, 0.717) is 6.10 Å². The molecule has 0 bridgehead atoms. The minimum absolute atomic E-state index is 0.195. The zero-order chi connectivity index (χ0) is 13.5. The zero-order valence-corrected chi connectivity index (χ0v) is 11.0. The van der Waals surface area contributed by atoms with Crippen LogP contribution in [0.5, 0.6) is 5.75 Å². The fourth-order valence-electron chi connectivity index (χ4n) is 1.43. The monoisotopic (exact) mass is 275 g/mol. The SMILES string of the molecule is N#CCC(=O)N/N=C/c1cccc(OC2CSC2)c1. The van der Waals surface area contributed by atoms with Gasteiger partial charge in [0.05, 0.1) is 12.3 Å². The first-order valence-corrected chi connectivity index (χ1v) is 6.97. The van der Waals surface area contributed by atoms with E-state index in [9.17, 15) is 4.79 Å². The van der Waals surface area contributed by atoms with Gasteiger partial charge in [0.1, 0.15) is 18.3 Å². The molecule has 1 aliphatic heterocycles. The lowest BCUT2D eigenvalue weighted by Gasteiger charge is -2.25. The summed E-state index contributed by atoms with van der Waals surface area (Å²) in [6.45, 7) is 0. The minimum Gasteiger partial charge on any atom is -0.489 e. The van der Waals surface area contributed by atoms with Crippen LogP contribution < -0.4 is 10.2 Å². The van der Waals surface area contributed by atoms with Crippen molar-refractivity contribution in [3.8, 4) is 11.8 Å². The quantitative estimate of drug-likeness (QED) is 0.653. The molecule has 0 radical (unpaired) electrons. The van der Waals surface area contributed by atoms with Gasteiger partial charge in [0, 0.05) is 11.5 Å². The number of carbonyl (C=O) groups excluding carboxylic acids is 1. The van der Waals surface area contributed by atoms with Gasteiger partial charge >= 0.3 is 0 Å². The summed E-state index contributed by atoms with van der Waals surface area (Å²) in [6, 6.07) is 9.25. The number of benzene rings is 1. The molecule has 0 spiro atoms. The average Bonchev–Trinajstić information content (AvgIpc) is 2.35. The first kappa shape index (κ1) is 13.4. The Morgan fingerprint density at radius 1 is 1.63 bits per heavy atom. The number of thioether (sulfide) groups is 1. The highest BCUT2D eigenvalue weighted by Gasteiger charge is 2.19. The van der Waals surface area contributed by atoms with E-state index in [4.69, 9.17) is 10.00 Å². The largest absolute Gasteiger partial charge is 0.489 e. The summed E-state index contributed by atoms with van der Waals surface area (Å²) < 4.78 is 5.74. The van der Waals surface area contributed by atoms with Crippen LogP contribution in [-0.4, -0.2) is 29.7 Å². The van der Waals surface area contributed by atoms with Gasteiger partial charge in [0.15, 0.2) is 0 Å². The summed E-state index contributed by atoms with van der Waals surface area (Å²) >= 11 is 1.87. The summed E-state index contributed by atoms with van der Waals surface area (Å²) in [5.74, 6) is 2.45. The summed E-state index contributed by atoms with van der Waals surface area (Å²) in [7, 11) is 0. The third kappa shape index (κ3) is 4.30. The molecular formula is C13H13N3O2S. The molecule has 1 heterocycles. The smallest absolute Gasteiger partial charge is 0.254 e. The van der Waals surface area contributed by atoms with Crippen LogP contribution in [0.15, 0.2) is 29.4 Å². The Morgan fingerprint density at radius 3 is 3.16 bits per heavy atom. The lowest BCUT2D eigenvalue weighted by atomic mass is 10.2. The third-order valence-electron chi connectivity index (χ3n) is 2.41. The van der Waals surface area contributed by atoms with E-state index in [2.05, 4.69) is 10.5 Å². The number of amides is 1. The number of ether oxygens (including phenoxy) is 1. The maximum atomic E-state index is 11.0. The van der Waals surface area contributed by atoms with Crippen LogP contribution in [-0.2, 0) is 4.79 Å². The van der Waals surface area contributed by atoms with Crippen LogP contribution in [0.1, 0.15) is 12.0 Å². The van der Waals surface area contributed by atoms with E-state index < -0.39 is 5.91 Å². The number of hydrazone groups is 1. The molecule has 98 valence electrons. The lowest BCUT2D eigenvalue weighted by molar-refractivity contribution is -0.120. The van der Waals surface area contributed by atoms with Crippen molar-refractivity contribution in [3.63, 3.8) is 0 Å². The highest BCUT2D eigenvalue weighted by Crippen LogP contribution is 2.24. The van der Waals surface area contributed by atoms with Gasteiger partial charge in [-0.15, -0.1) is 0 Å². The second-order valence-corrected chi connectivity index (χ2v) is 5.05. The molecule has 1 fully saturated rings. The number of hydrogen-bond donors (Lipinski definition) is 1. The van der Waals surface area contributed by atoms with Gasteiger partial charge in [-0.2, -0.15) is 22.1 Å². The van der Waals surface area contributed by atoms with Crippen molar-refractivity contribution in [1.82, 2.24) is 5.43 Å². The normalized spacial score (nSPS) is 14.7. The van der Waals surface area contributed by atoms with Crippen molar-refractivity contribution in [2.24, 2.45) is 5.10 Å². The molecule has 1 N–H and O–H groups in total. The molecule has 0 aromatic heterocycles. The Morgan fingerprint density at radius 2 is 2.47 bits per heavy atom. The van der Waals surface area contributed by atoms with Crippen molar-refractivity contribution in [2.75, 3.05) is 11.5 Å². The maximum Gasteiger partial charge on any atom is 0.254 e. The molecular weight excluding hydrogens is 262 g/mol. The molecule has 0 saturated carbocycles.